The summed E-state index contributed by atoms with van der Waals surface area (Å²) in [5.74, 6) is -0.867. The van der Waals surface area contributed by atoms with Crippen LogP contribution in [0.3, 0.4) is 0 Å². The number of carbonyl (C=O) groups excluding carboxylic acids is 1. The van der Waals surface area contributed by atoms with Crippen LogP contribution in [0.2, 0.25) is 0 Å². The minimum atomic E-state index is -0.872. The van der Waals surface area contributed by atoms with Crippen LogP contribution in [0, 0.1) is 12.3 Å². The number of aliphatic carboxylic acids is 1. The fraction of sp³-hybridized carbons (Fsp3) is 0.333. The van der Waals surface area contributed by atoms with E-state index < -0.39 is 11.4 Å². The summed E-state index contributed by atoms with van der Waals surface area (Å²) in [7, 11) is 0. The third kappa shape index (κ3) is 3.96. The second-order valence-electron chi connectivity index (χ2n) is 6.58. The van der Waals surface area contributed by atoms with Crippen LogP contribution in [-0.2, 0) is 4.79 Å². The molecule has 3 rings (SSSR count). The number of nitrogens with one attached hydrogen (secondary N) is 1. The molecule has 1 aromatic carbocycles. The van der Waals surface area contributed by atoms with Gasteiger partial charge in [0, 0.05) is 36.1 Å². The van der Waals surface area contributed by atoms with Gasteiger partial charge in [0.05, 0.1) is 5.41 Å². The summed E-state index contributed by atoms with van der Waals surface area (Å²) in [6.07, 6.45) is 3.84. The molecule has 0 radical (unpaired) electrons. The molecule has 1 atom stereocenters. The lowest BCUT2D eigenvalue weighted by atomic mass is 9.90. The zero-order valence-corrected chi connectivity index (χ0v) is 15.4. The van der Waals surface area contributed by atoms with Crippen molar-refractivity contribution in [1.29, 1.82) is 0 Å². The van der Waals surface area contributed by atoms with Gasteiger partial charge in [0.2, 0.25) is 0 Å². The molecule has 2 heterocycles. The van der Waals surface area contributed by atoms with Crippen LogP contribution in [0.25, 0.3) is 0 Å². The Labute approximate surface area is 155 Å². The minimum absolute atomic E-state index is 0.215. The van der Waals surface area contributed by atoms with Crippen molar-refractivity contribution < 1.29 is 14.7 Å². The van der Waals surface area contributed by atoms with Crippen LogP contribution in [0.1, 0.15) is 18.9 Å². The van der Waals surface area contributed by atoms with Gasteiger partial charge in [-0.15, -0.1) is 0 Å². The quantitative estimate of drug-likeness (QED) is 0.800. The molecule has 2 N–H and O–H groups in total. The molecule has 0 aliphatic carbocycles. The zero-order chi connectivity index (χ0) is 18.7. The van der Waals surface area contributed by atoms with Crippen molar-refractivity contribution in [3.63, 3.8) is 0 Å². The summed E-state index contributed by atoms with van der Waals surface area (Å²) in [4.78, 5) is 34.7. The number of likely N-dealkylation sites (tertiary alicyclic amines) is 1. The number of anilines is 1. The number of rotatable bonds is 4. The average Bonchev–Trinajstić information content (AvgIpc) is 3.02. The third-order valence-corrected chi connectivity index (χ3v) is 5.35. The number of carbonyl (C=O) groups is 2. The van der Waals surface area contributed by atoms with E-state index in [2.05, 4.69) is 15.3 Å². The summed E-state index contributed by atoms with van der Waals surface area (Å²) in [5.41, 5.74) is 0.750. The zero-order valence-electron chi connectivity index (χ0n) is 14.6. The third-order valence-electron chi connectivity index (χ3n) is 4.47. The van der Waals surface area contributed by atoms with E-state index in [0.29, 0.717) is 23.8 Å². The van der Waals surface area contributed by atoms with Gasteiger partial charge in [0.15, 0.2) is 5.16 Å². The highest BCUT2D eigenvalue weighted by Crippen LogP contribution is 2.31. The van der Waals surface area contributed by atoms with Gasteiger partial charge in [-0.2, -0.15) is 0 Å². The van der Waals surface area contributed by atoms with Gasteiger partial charge >= 0.3 is 12.0 Å². The highest BCUT2D eigenvalue weighted by Gasteiger charge is 2.42. The number of carboxylic acid groups (broad SMARTS) is 1. The molecule has 2 amide bonds. The first-order chi connectivity index (χ1) is 12.4. The molecule has 26 heavy (non-hydrogen) atoms. The predicted molar refractivity (Wildman–Crippen MR) is 98.3 cm³/mol. The van der Waals surface area contributed by atoms with Gasteiger partial charge in [0.25, 0.3) is 0 Å². The first kappa shape index (κ1) is 18.2. The summed E-state index contributed by atoms with van der Waals surface area (Å²) < 4.78 is 0. The number of nitrogens with zero attached hydrogens (tertiary/aromatic N) is 3. The number of aryl methyl sites for hydroxylation is 1. The largest absolute Gasteiger partial charge is 0.481 e. The van der Waals surface area contributed by atoms with Crippen LogP contribution < -0.4 is 5.32 Å². The van der Waals surface area contributed by atoms with Crippen molar-refractivity contribution in [1.82, 2.24) is 14.9 Å². The molecule has 2 aromatic rings. The molecular weight excluding hydrogens is 352 g/mol. The van der Waals surface area contributed by atoms with E-state index in [4.69, 9.17) is 0 Å². The Bertz CT molecular complexity index is 830. The number of carboxylic acids is 1. The lowest BCUT2D eigenvalue weighted by Gasteiger charge is -2.21. The summed E-state index contributed by atoms with van der Waals surface area (Å²) in [6.45, 7) is 4.24. The molecule has 1 fully saturated rings. The summed E-state index contributed by atoms with van der Waals surface area (Å²) in [6, 6.07) is 7.19. The molecule has 0 bridgehead atoms. The number of hydrogen-bond donors (Lipinski definition) is 2. The van der Waals surface area contributed by atoms with E-state index in [1.165, 1.54) is 11.8 Å². The van der Waals surface area contributed by atoms with Crippen molar-refractivity contribution in [2.45, 2.75) is 30.3 Å². The van der Waals surface area contributed by atoms with Crippen molar-refractivity contribution in [2.24, 2.45) is 5.41 Å². The Kier molecular flexibility index (Phi) is 5.13. The lowest BCUT2D eigenvalue weighted by Crippen LogP contribution is -2.37. The Morgan fingerprint density at radius 3 is 2.65 bits per heavy atom. The van der Waals surface area contributed by atoms with Crippen molar-refractivity contribution in [3.05, 3.63) is 42.2 Å². The second-order valence-corrected chi connectivity index (χ2v) is 7.62. The maximum absolute atomic E-state index is 12.4. The number of urea groups is 1. The van der Waals surface area contributed by atoms with Gasteiger partial charge in [-0.25, -0.2) is 14.8 Å². The number of aromatic nitrogens is 2. The first-order valence-corrected chi connectivity index (χ1v) is 9.04. The topological polar surface area (TPSA) is 95.4 Å². The molecule has 1 unspecified atom stereocenters. The van der Waals surface area contributed by atoms with E-state index in [1.54, 1.807) is 30.3 Å². The van der Waals surface area contributed by atoms with Gasteiger partial charge < -0.3 is 15.3 Å². The summed E-state index contributed by atoms with van der Waals surface area (Å²) >= 11 is 1.45. The number of hydrogen-bond acceptors (Lipinski definition) is 5. The van der Waals surface area contributed by atoms with Crippen molar-refractivity contribution in [2.75, 3.05) is 18.4 Å². The van der Waals surface area contributed by atoms with Gasteiger partial charge in [-0.1, -0.05) is 0 Å². The van der Waals surface area contributed by atoms with Gasteiger partial charge in [-0.3, -0.25) is 4.79 Å². The fourth-order valence-electron chi connectivity index (χ4n) is 2.79. The Balaban J connectivity index is 1.65. The molecule has 1 saturated heterocycles. The second kappa shape index (κ2) is 7.33. The minimum Gasteiger partial charge on any atom is -0.481 e. The summed E-state index contributed by atoms with van der Waals surface area (Å²) in [5, 5.41) is 12.8. The van der Waals surface area contributed by atoms with E-state index in [1.807, 2.05) is 25.1 Å². The van der Waals surface area contributed by atoms with E-state index in [0.717, 1.165) is 10.5 Å². The Morgan fingerprint density at radius 2 is 2.04 bits per heavy atom. The predicted octanol–water partition coefficient (Wildman–Crippen LogP) is 3.26. The molecule has 8 heteroatoms. The van der Waals surface area contributed by atoms with E-state index in [-0.39, 0.29) is 12.6 Å². The number of benzene rings is 1. The Morgan fingerprint density at radius 1 is 1.31 bits per heavy atom. The average molecular weight is 372 g/mol. The van der Waals surface area contributed by atoms with Crippen molar-refractivity contribution in [3.8, 4) is 0 Å². The highest BCUT2D eigenvalue weighted by molar-refractivity contribution is 7.99. The van der Waals surface area contributed by atoms with Crippen molar-refractivity contribution >= 4 is 29.4 Å². The van der Waals surface area contributed by atoms with Gasteiger partial charge in [-0.05, 0) is 61.9 Å². The SMILES string of the molecule is Cc1cc(Sc2ncccn2)ccc1NC(=O)N1CCC(C)(C(=O)O)C1. The van der Waals surface area contributed by atoms with Crippen LogP contribution in [-0.4, -0.2) is 45.1 Å². The standard InChI is InChI=1S/C18H20N4O3S/c1-12-10-13(26-16-19-7-3-8-20-16)4-5-14(12)21-17(25)22-9-6-18(2,11-22)15(23)24/h3-5,7-8,10H,6,9,11H2,1-2H3,(H,21,25)(H,23,24). The highest BCUT2D eigenvalue weighted by atomic mass is 32.2. The molecule has 1 aromatic heterocycles. The molecule has 0 spiro atoms. The number of amides is 2. The maximum Gasteiger partial charge on any atom is 0.321 e. The van der Waals surface area contributed by atoms with Crippen LogP contribution in [0.5, 0.6) is 0 Å². The fourth-order valence-corrected chi connectivity index (χ4v) is 3.60. The molecule has 7 nitrogen and oxygen atoms in total. The normalized spacial score (nSPS) is 19.4. The van der Waals surface area contributed by atoms with E-state index >= 15 is 0 Å². The monoisotopic (exact) mass is 372 g/mol. The first-order valence-electron chi connectivity index (χ1n) is 8.22. The van der Waals surface area contributed by atoms with Crippen LogP contribution in [0.4, 0.5) is 10.5 Å². The van der Waals surface area contributed by atoms with E-state index in [9.17, 15) is 14.7 Å². The Hall–Kier alpha value is -2.61. The smallest absolute Gasteiger partial charge is 0.321 e. The van der Waals surface area contributed by atoms with Crippen LogP contribution >= 0.6 is 11.8 Å². The molecular formula is C18H20N4O3S. The maximum atomic E-state index is 12.4. The molecule has 136 valence electrons. The lowest BCUT2D eigenvalue weighted by molar-refractivity contribution is -0.146. The molecule has 1 aliphatic rings. The molecule has 1 aliphatic heterocycles. The van der Waals surface area contributed by atoms with Crippen LogP contribution in [0.15, 0.2) is 46.7 Å². The van der Waals surface area contributed by atoms with Gasteiger partial charge in [0.1, 0.15) is 0 Å². The molecule has 0 saturated carbocycles.